The smallest absolute Gasteiger partial charge is 0.466 e. The van der Waals surface area contributed by atoms with Gasteiger partial charge in [0.25, 0.3) is 22.9 Å². The molecule has 6 N–H and O–H groups in total. The number of fused-ring (bicyclic) bond motifs is 8. The highest BCUT2D eigenvalue weighted by Gasteiger charge is 2.42. The number of aromatic nitrogens is 4. The zero-order chi connectivity index (χ0) is 62.6. The zero-order valence-corrected chi connectivity index (χ0v) is 50.4. The molecule has 0 saturated carbocycles. The van der Waals surface area contributed by atoms with Crippen molar-refractivity contribution in [2.24, 2.45) is 0 Å². The molecule has 478 valence electrons. The molecule has 4 aromatic heterocycles. The molecule has 6 heterocycles. The van der Waals surface area contributed by atoms with Crippen molar-refractivity contribution in [2.45, 2.75) is 152 Å². The second-order valence-electron chi connectivity index (χ2n) is 20.6. The first-order valence-electron chi connectivity index (χ1n) is 29.3. The Bertz CT molecular complexity index is 3530. The summed E-state index contributed by atoms with van der Waals surface area (Å²) < 4.78 is 27.7. The van der Waals surface area contributed by atoms with Gasteiger partial charge < -0.3 is 64.3 Å². The normalized spacial score (nSPS) is 12.6. The van der Waals surface area contributed by atoms with Crippen LogP contribution in [0.3, 0.4) is 0 Å². The number of carbonyl (C=O) groups excluding carboxylic acids is 6. The van der Waals surface area contributed by atoms with Crippen molar-refractivity contribution < 1.29 is 62.7 Å². The van der Waals surface area contributed by atoms with Gasteiger partial charge in [-0.25, -0.2) is 24.4 Å². The van der Waals surface area contributed by atoms with Crippen molar-refractivity contribution >= 4 is 57.9 Å². The summed E-state index contributed by atoms with van der Waals surface area (Å²) in [6.07, 6.45) is 2.47. The number of pyridine rings is 4. The lowest BCUT2D eigenvalue weighted by atomic mass is 9.86. The van der Waals surface area contributed by atoms with Gasteiger partial charge in [-0.1, -0.05) is 92.8 Å². The Kier molecular flexibility index (Phi) is 27.7. The Hall–Kier alpha value is -8.70. The van der Waals surface area contributed by atoms with E-state index < -0.39 is 53.5 Å². The van der Waals surface area contributed by atoms with Crippen LogP contribution < -0.4 is 32.4 Å². The Morgan fingerprint density at radius 1 is 0.568 bits per heavy atom. The van der Waals surface area contributed by atoms with Crippen molar-refractivity contribution in [1.29, 1.82) is 0 Å². The maximum Gasteiger partial charge on any atom is 0.508 e. The van der Waals surface area contributed by atoms with E-state index in [4.69, 9.17) is 28.9 Å². The van der Waals surface area contributed by atoms with Crippen molar-refractivity contribution in [2.75, 3.05) is 53.1 Å². The third kappa shape index (κ3) is 17.3. The Morgan fingerprint density at radius 2 is 1.06 bits per heavy atom. The Balaban J connectivity index is 0.000000307. The van der Waals surface area contributed by atoms with Crippen LogP contribution in [-0.2, 0) is 69.0 Å². The topological polar surface area (TPSA) is 307 Å². The molecule has 6 aromatic rings. The van der Waals surface area contributed by atoms with Crippen LogP contribution in [0.25, 0.3) is 44.6 Å². The van der Waals surface area contributed by atoms with Gasteiger partial charge in [-0.15, -0.1) is 0 Å². The van der Waals surface area contributed by atoms with Gasteiger partial charge in [-0.2, -0.15) is 0 Å². The van der Waals surface area contributed by atoms with Crippen molar-refractivity contribution in [1.82, 2.24) is 40.4 Å². The van der Waals surface area contributed by atoms with E-state index in [0.29, 0.717) is 93.3 Å². The highest BCUT2D eigenvalue weighted by molar-refractivity contribution is 5.89. The minimum atomic E-state index is -2.06. The van der Waals surface area contributed by atoms with Crippen LogP contribution in [0.4, 0.5) is 14.4 Å². The van der Waals surface area contributed by atoms with Gasteiger partial charge in [0, 0.05) is 71.2 Å². The van der Waals surface area contributed by atoms with Crippen LogP contribution in [0.15, 0.2) is 82.4 Å². The van der Waals surface area contributed by atoms with Crippen LogP contribution >= 0.6 is 0 Å². The molecule has 0 radical (unpaired) electrons. The number of rotatable bonds is 24. The molecular weight excluding hydrogens is 1130 g/mol. The van der Waals surface area contributed by atoms with E-state index in [1.54, 1.807) is 37.5 Å². The number of alkyl carbamates (subject to hydrolysis) is 2. The summed E-state index contributed by atoms with van der Waals surface area (Å²) in [7, 11) is 1.24. The molecule has 2 aliphatic rings. The van der Waals surface area contributed by atoms with Gasteiger partial charge in [-0.05, 0) is 94.7 Å². The highest BCUT2D eigenvalue weighted by Crippen LogP contribution is 2.38. The number of amides is 4. The molecule has 23 heteroatoms. The molecule has 2 atom stereocenters. The first-order valence-corrected chi connectivity index (χ1v) is 29.3. The van der Waals surface area contributed by atoms with Crippen LogP contribution in [0.2, 0.25) is 0 Å². The summed E-state index contributed by atoms with van der Waals surface area (Å²) in [5.74, 6) is -1.31. The largest absolute Gasteiger partial charge is 0.508 e. The third-order valence-electron chi connectivity index (χ3n) is 14.5. The summed E-state index contributed by atoms with van der Waals surface area (Å²) in [6, 6.07) is 22.8. The molecule has 0 unspecified atom stereocenters. The lowest BCUT2D eigenvalue weighted by molar-refractivity contribution is -0.144. The molecule has 2 aliphatic heterocycles. The van der Waals surface area contributed by atoms with Crippen molar-refractivity contribution in [3.8, 4) is 22.8 Å². The molecule has 0 saturated heterocycles. The minimum Gasteiger partial charge on any atom is -0.466 e. The Morgan fingerprint density at radius 3 is 1.56 bits per heavy atom. The molecule has 0 fully saturated rings. The monoisotopic (exact) mass is 1220 g/mol. The number of ether oxygens (including phenoxy) is 5. The van der Waals surface area contributed by atoms with Gasteiger partial charge in [0.05, 0.1) is 79.4 Å². The number of nitrogens with zero attached hydrogens (tertiary/aromatic N) is 4. The number of benzene rings is 2. The SMILES string of the molecule is C.C.CCCNC(=O)[C@@](O)(CC)c1cc2n(c(=O)c1C)Cc1cc3ccccc3nc1-2.CCCNC(=O)[C@](O)(CC)c1cc2n(c(=O)c1COC(=O)OCCCNC(=O)OC)Cc1cc3ccccc3nc1-2.CCCOC(=O)NCCCOC(=O)CCC. The van der Waals surface area contributed by atoms with Crippen LogP contribution in [0, 0.1) is 6.92 Å². The first-order chi connectivity index (χ1) is 41.3. The molecule has 0 spiro atoms. The van der Waals surface area contributed by atoms with E-state index in [1.807, 2.05) is 82.3 Å². The van der Waals surface area contributed by atoms with E-state index >= 15 is 0 Å². The Labute approximate surface area is 513 Å². The summed E-state index contributed by atoms with van der Waals surface area (Å²) in [5.41, 5.74) is 2.03. The molecule has 4 amide bonds. The third-order valence-corrected chi connectivity index (χ3v) is 14.5. The van der Waals surface area contributed by atoms with Crippen LogP contribution in [0.1, 0.15) is 148 Å². The number of methoxy groups -OCH3 is 1. The van der Waals surface area contributed by atoms with Gasteiger partial charge in [0.2, 0.25) is 0 Å². The summed E-state index contributed by atoms with van der Waals surface area (Å²) >= 11 is 0. The minimum absolute atomic E-state index is 0. The summed E-state index contributed by atoms with van der Waals surface area (Å²) in [5, 5.41) is 35.4. The number of aliphatic hydroxyl groups is 2. The molecule has 0 aliphatic carbocycles. The van der Waals surface area contributed by atoms with Crippen LogP contribution in [0.5, 0.6) is 0 Å². The summed E-state index contributed by atoms with van der Waals surface area (Å²) in [6.45, 7) is 15.1. The van der Waals surface area contributed by atoms with E-state index in [1.165, 1.54) is 11.7 Å². The second kappa shape index (κ2) is 34.0. The number of para-hydroxylation sites is 2. The molecule has 88 heavy (non-hydrogen) atoms. The average molecular weight is 1220 g/mol. The van der Waals surface area contributed by atoms with Gasteiger partial charge >= 0.3 is 24.3 Å². The molecule has 8 rings (SSSR count). The maximum atomic E-state index is 13.9. The van der Waals surface area contributed by atoms with E-state index in [0.717, 1.165) is 57.9 Å². The lowest BCUT2D eigenvalue weighted by Crippen LogP contribution is -2.46. The van der Waals surface area contributed by atoms with Gasteiger partial charge in [0.1, 0.15) is 6.61 Å². The first kappa shape index (κ1) is 71.8. The zero-order valence-electron chi connectivity index (χ0n) is 50.4. The molecular formula is C65H88N8O15. The van der Waals surface area contributed by atoms with Crippen LogP contribution in [-0.4, -0.2) is 119 Å². The number of nitrogens with one attached hydrogen (secondary N) is 4. The fourth-order valence-electron chi connectivity index (χ4n) is 9.78. The molecule has 23 nitrogen and oxygen atoms in total. The number of hydrogen-bond donors (Lipinski definition) is 6. The lowest BCUT2D eigenvalue weighted by Gasteiger charge is -2.28. The van der Waals surface area contributed by atoms with E-state index in [-0.39, 0.29) is 70.0 Å². The predicted molar refractivity (Wildman–Crippen MR) is 336 cm³/mol. The van der Waals surface area contributed by atoms with Crippen molar-refractivity contribution in [3.63, 3.8) is 0 Å². The quantitative estimate of drug-likeness (QED) is 0.0187. The predicted octanol–water partition coefficient (Wildman–Crippen LogP) is 8.93. The van der Waals surface area contributed by atoms with E-state index in [2.05, 4.69) is 32.1 Å². The fourth-order valence-corrected chi connectivity index (χ4v) is 9.78. The van der Waals surface area contributed by atoms with Gasteiger partial charge in [0.15, 0.2) is 11.2 Å². The number of esters is 1. The second-order valence-corrected chi connectivity index (χ2v) is 20.6. The maximum absolute atomic E-state index is 13.9. The standard InChI is InChI=1S/C29H34N4O8.C23H25N3O3.C11H21NO4.2CH4/c1-4-11-30-26(35)29(38,5-2)21-15-23-24-19(14-18-9-6-7-10-22(18)32-24)16-33(23)25(34)20(21)17-41-28(37)40-13-8-12-31-27(36)39-3;1-4-10-24-22(28)23(29,5-2)17-12-19-20-16(13-26(19)21(27)14(17)3)11-15-8-6-7-9-18(15)25-20;1-3-6-10(13)15-9-5-7-12-11(14)16-8-4-2;;/h6-7,9-10,14-15,38H,4-5,8,11-13,16-17H2,1-3H3,(H,30,35)(H,31,36);6-9,11-12,29H,4-5,10,13H2,1-3H3,(H,24,28);3-9H2,1-2H3,(H,12,14);2*1H4/t29-;23-;;;/m01.../s1. The highest BCUT2D eigenvalue weighted by atomic mass is 16.7. The van der Waals surface area contributed by atoms with E-state index in [9.17, 15) is 48.6 Å². The van der Waals surface area contributed by atoms with Crippen molar-refractivity contribution in [3.05, 3.63) is 127 Å². The molecule has 0 bridgehead atoms. The fraction of sp³-hybridized carbons (Fsp3) is 0.477. The molecule has 2 aromatic carbocycles. The number of carbonyl (C=O) groups is 6. The average Bonchev–Trinajstić information content (AvgIpc) is 2.54. The summed E-state index contributed by atoms with van der Waals surface area (Å²) in [4.78, 5) is 108. The number of hydrogen-bond acceptors (Lipinski definition) is 17. The van der Waals surface area contributed by atoms with Gasteiger partial charge in [-0.3, -0.25) is 24.0 Å².